The van der Waals surface area contributed by atoms with Gasteiger partial charge in [0, 0.05) is 23.6 Å². The monoisotopic (exact) mass is 283 g/mol. The lowest BCUT2D eigenvalue weighted by Gasteiger charge is -2.41. The van der Waals surface area contributed by atoms with Gasteiger partial charge in [-0.1, -0.05) is 18.1 Å². The van der Waals surface area contributed by atoms with Crippen LogP contribution < -0.4 is 0 Å². The molecule has 0 amide bonds. The van der Waals surface area contributed by atoms with Crippen LogP contribution in [0.25, 0.3) is 0 Å². The summed E-state index contributed by atoms with van der Waals surface area (Å²) >= 11 is 0. The first-order valence-corrected chi connectivity index (χ1v) is 7.52. The van der Waals surface area contributed by atoms with E-state index in [1.807, 2.05) is 12.1 Å². The maximum atomic E-state index is 12.3. The molecule has 0 radical (unpaired) electrons. The average Bonchev–Trinajstić information content (AvgIpc) is 2.76. The number of esters is 1. The van der Waals surface area contributed by atoms with E-state index in [0.717, 1.165) is 18.4 Å². The molecule has 110 valence electrons. The number of carbonyl (C=O) groups is 1. The van der Waals surface area contributed by atoms with Crippen molar-refractivity contribution in [3.05, 3.63) is 35.4 Å². The number of hydrogen-bond acceptors (Lipinski definition) is 3. The highest BCUT2D eigenvalue weighted by Crippen LogP contribution is 2.46. The fraction of sp³-hybridized carbons (Fsp3) is 0.500. The predicted octanol–water partition coefficient (Wildman–Crippen LogP) is 2.41. The van der Waals surface area contributed by atoms with E-state index in [0.29, 0.717) is 12.1 Å². The summed E-state index contributed by atoms with van der Waals surface area (Å²) in [6.07, 6.45) is 8.69. The smallest absolute Gasteiger partial charge is 0.310 e. The van der Waals surface area contributed by atoms with E-state index in [1.54, 1.807) is 0 Å². The van der Waals surface area contributed by atoms with Crippen molar-refractivity contribution in [2.45, 2.75) is 37.3 Å². The van der Waals surface area contributed by atoms with Gasteiger partial charge in [0.25, 0.3) is 0 Å². The maximum Gasteiger partial charge on any atom is 0.310 e. The van der Waals surface area contributed by atoms with Crippen LogP contribution in [0.15, 0.2) is 24.3 Å². The van der Waals surface area contributed by atoms with E-state index in [1.165, 1.54) is 19.1 Å². The third-order valence-corrected chi connectivity index (χ3v) is 5.25. The van der Waals surface area contributed by atoms with Crippen LogP contribution in [-0.4, -0.2) is 37.1 Å². The second-order valence-electron chi connectivity index (χ2n) is 6.12. The van der Waals surface area contributed by atoms with Gasteiger partial charge in [-0.25, -0.2) is 0 Å². The van der Waals surface area contributed by atoms with E-state index >= 15 is 0 Å². The molecule has 0 aliphatic carbocycles. The third kappa shape index (κ3) is 2.34. The van der Waals surface area contributed by atoms with E-state index < -0.39 is 0 Å². The fourth-order valence-electron chi connectivity index (χ4n) is 4.09. The van der Waals surface area contributed by atoms with Crippen molar-refractivity contribution in [2.24, 2.45) is 5.92 Å². The van der Waals surface area contributed by atoms with E-state index in [2.05, 4.69) is 30.0 Å². The Morgan fingerprint density at radius 1 is 1.33 bits per heavy atom. The Morgan fingerprint density at radius 2 is 2.05 bits per heavy atom. The molecule has 1 aromatic rings. The van der Waals surface area contributed by atoms with Crippen molar-refractivity contribution in [1.82, 2.24) is 4.90 Å². The molecule has 2 heterocycles. The number of nitrogens with zero attached hydrogens (tertiary/aromatic N) is 1. The summed E-state index contributed by atoms with van der Waals surface area (Å²) in [7, 11) is 3.62. The van der Waals surface area contributed by atoms with Crippen LogP contribution in [0.1, 0.15) is 36.3 Å². The van der Waals surface area contributed by atoms with Crippen molar-refractivity contribution < 1.29 is 9.53 Å². The van der Waals surface area contributed by atoms with Gasteiger partial charge in [0.2, 0.25) is 0 Å². The summed E-state index contributed by atoms with van der Waals surface area (Å²) in [5.41, 5.74) is 2.08. The quantitative estimate of drug-likeness (QED) is 0.616. The number of methoxy groups -OCH3 is 1. The second kappa shape index (κ2) is 5.54. The van der Waals surface area contributed by atoms with Gasteiger partial charge in [0.1, 0.15) is 0 Å². The minimum Gasteiger partial charge on any atom is -0.469 e. The first-order chi connectivity index (χ1) is 10.2. The van der Waals surface area contributed by atoms with E-state index in [9.17, 15) is 4.79 Å². The Bertz CT molecular complexity index is 572. The first kappa shape index (κ1) is 14.2. The molecule has 3 heteroatoms. The first-order valence-electron chi connectivity index (χ1n) is 7.52. The number of rotatable bonds is 2. The molecule has 2 aliphatic rings. The molecule has 3 nitrogen and oxygen atoms in total. The van der Waals surface area contributed by atoms with Crippen molar-refractivity contribution in [1.29, 1.82) is 0 Å². The summed E-state index contributed by atoms with van der Waals surface area (Å²) in [6.45, 7) is 0. The van der Waals surface area contributed by atoms with Gasteiger partial charge < -0.3 is 4.74 Å². The third-order valence-electron chi connectivity index (χ3n) is 5.25. The summed E-state index contributed by atoms with van der Waals surface area (Å²) < 4.78 is 5.09. The molecule has 1 aromatic carbocycles. The molecule has 2 bridgehead atoms. The van der Waals surface area contributed by atoms with Crippen LogP contribution in [0.4, 0.5) is 0 Å². The topological polar surface area (TPSA) is 29.5 Å². The number of terminal acetylenes is 1. The van der Waals surface area contributed by atoms with Crippen LogP contribution in [0.3, 0.4) is 0 Å². The zero-order valence-corrected chi connectivity index (χ0v) is 12.6. The Labute approximate surface area is 126 Å². The lowest BCUT2D eigenvalue weighted by Crippen LogP contribution is -2.49. The highest BCUT2D eigenvalue weighted by atomic mass is 16.5. The molecular formula is C18H21NO2. The molecule has 2 saturated heterocycles. The van der Waals surface area contributed by atoms with E-state index in [4.69, 9.17) is 11.2 Å². The van der Waals surface area contributed by atoms with Gasteiger partial charge in [0.05, 0.1) is 13.0 Å². The average molecular weight is 283 g/mol. The number of ether oxygens (including phenoxy) is 1. The predicted molar refractivity (Wildman–Crippen MR) is 81.8 cm³/mol. The minimum absolute atomic E-state index is 0.0737. The summed E-state index contributed by atoms with van der Waals surface area (Å²) in [5, 5.41) is 0. The molecule has 21 heavy (non-hydrogen) atoms. The SMILES string of the molecule is C#Cc1ccc([C@H]2CC3CC[C@H](C2C(=O)OC)N3C)cc1. The van der Waals surface area contributed by atoms with Gasteiger partial charge in [-0.3, -0.25) is 9.69 Å². The maximum absolute atomic E-state index is 12.3. The van der Waals surface area contributed by atoms with Crippen molar-refractivity contribution in [3.63, 3.8) is 0 Å². The molecule has 2 unspecified atom stereocenters. The molecule has 0 aromatic heterocycles. The van der Waals surface area contributed by atoms with Gasteiger partial charge in [-0.2, -0.15) is 0 Å². The molecule has 0 N–H and O–H groups in total. The van der Waals surface area contributed by atoms with Crippen LogP contribution in [0.2, 0.25) is 0 Å². The van der Waals surface area contributed by atoms with Crippen LogP contribution in [-0.2, 0) is 9.53 Å². The number of piperidine rings is 1. The number of fused-ring (bicyclic) bond motifs is 2. The summed E-state index contributed by atoms with van der Waals surface area (Å²) in [5.74, 6) is 2.71. The Kier molecular flexibility index (Phi) is 3.73. The van der Waals surface area contributed by atoms with Crippen LogP contribution >= 0.6 is 0 Å². The Balaban J connectivity index is 1.95. The lowest BCUT2D eigenvalue weighted by atomic mass is 9.76. The molecule has 2 aliphatic heterocycles. The fourth-order valence-corrected chi connectivity index (χ4v) is 4.09. The lowest BCUT2D eigenvalue weighted by molar-refractivity contribution is -0.150. The van der Waals surface area contributed by atoms with Crippen molar-refractivity contribution in [2.75, 3.05) is 14.2 Å². The highest BCUT2D eigenvalue weighted by molar-refractivity contribution is 5.75. The van der Waals surface area contributed by atoms with Crippen molar-refractivity contribution in [3.8, 4) is 12.3 Å². The van der Waals surface area contributed by atoms with E-state index in [-0.39, 0.29) is 17.8 Å². The van der Waals surface area contributed by atoms with Crippen molar-refractivity contribution >= 4 is 5.97 Å². The number of carbonyl (C=O) groups excluding carboxylic acids is 1. The Morgan fingerprint density at radius 3 is 2.67 bits per heavy atom. The summed E-state index contributed by atoms with van der Waals surface area (Å²) in [4.78, 5) is 14.7. The second-order valence-corrected chi connectivity index (χ2v) is 6.12. The molecule has 0 spiro atoms. The largest absolute Gasteiger partial charge is 0.469 e. The van der Waals surface area contributed by atoms with Gasteiger partial charge >= 0.3 is 5.97 Å². The van der Waals surface area contributed by atoms with Gasteiger partial charge in [-0.05, 0) is 44.0 Å². The molecule has 4 atom stereocenters. The minimum atomic E-state index is -0.0850. The zero-order chi connectivity index (χ0) is 15.0. The molecule has 3 rings (SSSR count). The normalized spacial score (nSPS) is 31.7. The summed E-state index contributed by atoms with van der Waals surface area (Å²) in [6, 6.07) is 8.94. The number of benzene rings is 1. The zero-order valence-electron chi connectivity index (χ0n) is 12.6. The Hall–Kier alpha value is -1.79. The number of hydrogen-bond donors (Lipinski definition) is 0. The molecule has 2 fully saturated rings. The molecule has 0 saturated carbocycles. The van der Waals surface area contributed by atoms with Gasteiger partial charge in [0.15, 0.2) is 0 Å². The van der Waals surface area contributed by atoms with Gasteiger partial charge in [-0.15, -0.1) is 6.42 Å². The molecular weight excluding hydrogens is 262 g/mol. The highest BCUT2D eigenvalue weighted by Gasteiger charge is 2.49. The van der Waals surface area contributed by atoms with Crippen LogP contribution in [0.5, 0.6) is 0 Å². The standard InChI is InChI=1S/C18H21NO2/c1-4-12-5-7-13(8-6-12)15-11-14-9-10-16(19(14)2)17(15)18(20)21-3/h1,5-8,14-17H,9-11H2,2-3H3/t14?,15-,16-,17?/m1/s1. The van der Waals surface area contributed by atoms with Crippen LogP contribution in [0, 0.1) is 18.3 Å².